The van der Waals surface area contributed by atoms with Crippen molar-refractivity contribution >= 4 is 37.6 Å². The lowest BCUT2D eigenvalue weighted by Gasteiger charge is -2.50. The van der Waals surface area contributed by atoms with Gasteiger partial charge in [-0.2, -0.15) is 28.1 Å². The summed E-state index contributed by atoms with van der Waals surface area (Å²) < 4.78 is 89.3. The first-order chi connectivity index (χ1) is 18.2. The van der Waals surface area contributed by atoms with E-state index in [1.165, 1.54) is 28.6 Å². The average Bonchev–Trinajstić information content (AvgIpc) is 3.56. The largest absolute Gasteiger partial charge is 0.421 e. The molecule has 0 bridgehead atoms. The normalized spacial score (nSPS) is 27.7. The number of hydrogen-bond acceptors (Lipinski definition) is 8. The molecule has 3 N–H and O–H groups in total. The number of benzene rings is 1. The van der Waals surface area contributed by atoms with Gasteiger partial charge >= 0.3 is 6.18 Å². The molecule has 8 nitrogen and oxygen atoms in total. The minimum absolute atomic E-state index is 0.000798. The van der Waals surface area contributed by atoms with Crippen molar-refractivity contribution in [3.05, 3.63) is 47.3 Å². The van der Waals surface area contributed by atoms with Crippen LogP contribution in [0.1, 0.15) is 25.3 Å². The summed E-state index contributed by atoms with van der Waals surface area (Å²) in [5, 5.41) is 11.8. The summed E-state index contributed by atoms with van der Waals surface area (Å²) in [6.07, 6.45) is -2.80. The van der Waals surface area contributed by atoms with Gasteiger partial charge in [0.1, 0.15) is 4.21 Å². The molecule has 3 fully saturated rings. The lowest BCUT2D eigenvalue weighted by molar-refractivity contribution is -0.258. The highest BCUT2D eigenvalue weighted by Gasteiger charge is 2.51. The molecule has 0 amide bonds. The van der Waals surface area contributed by atoms with Crippen molar-refractivity contribution in [3.63, 3.8) is 0 Å². The number of hydrogen-bond donors (Lipinski definition) is 3. The maximum Gasteiger partial charge on any atom is 0.421 e. The predicted octanol–water partition coefficient (Wildman–Crippen LogP) is 4.24. The Morgan fingerprint density at radius 2 is 1.77 bits per heavy atom. The zero-order valence-electron chi connectivity index (χ0n) is 21.5. The molecule has 218 valence electrons. The molecule has 3 atom stereocenters. The van der Waals surface area contributed by atoms with Crippen LogP contribution in [0, 0.1) is 5.92 Å². The van der Waals surface area contributed by atoms with Gasteiger partial charge in [-0.25, -0.2) is 8.42 Å². The second-order valence-electron chi connectivity index (χ2n) is 10.8. The molecule has 3 heterocycles. The summed E-state index contributed by atoms with van der Waals surface area (Å²) in [5.74, 6) is 0.952. The number of aliphatic hydroxyl groups is 1. The summed E-state index contributed by atoms with van der Waals surface area (Å²) in [4.78, 5) is 4.25. The predicted molar refractivity (Wildman–Crippen MR) is 147 cm³/mol. The Morgan fingerprint density at radius 3 is 2.36 bits per heavy atom. The maximum absolute atomic E-state index is 13.4. The van der Waals surface area contributed by atoms with Crippen molar-refractivity contribution in [1.29, 1.82) is 0 Å². The fourth-order valence-corrected chi connectivity index (χ4v) is 9.86. The quantitative estimate of drug-likeness (QED) is 0.432. The van der Waals surface area contributed by atoms with Crippen molar-refractivity contribution in [2.45, 2.75) is 47.8 Å². The number of anilines is 1. The Kier molecular flexibility index (Phi) is 7.81. The van der Waals surface area contributed by atoms with E-state index in [1.807, 2.05) is 4.90 Å². The van der Waals surface area contributed by atoms with Crippen LogP contribution in [0.2, 0.25) is 0 Å². The van der Waals surface area contributed by atoms with Crippen LogP contribution in [0.3, 0.4) is 0 Å². The van der Waals surface area contributed by atoms with Crippen molar-refractivity contribution in [1.82, 2.24) is 9.21 Å². The highest BCUT2D eigenvalue weighted by molar-refractivity contribution is 8.24. The number of piperazine rings is 1. The molecular formula is C25H34F3N3O5S3. The lowest BCUT2D eigenvalue weighted by atomic mass is 9.95. The highest BCUT2D eigenvalue weighted by Crippen LogP contribution is 2.49. The molecule has 5 rings (SSSR count). The monoisotopic (exact) mass is 609 g/mol. The van der Waals surface area contributed by atoms with Crippen molar-refractivity contribution in [2.75, 3.05) is 49.1 Å². The van der Waals surface area contributed by atoms with Crippen molar-refractivity contribution in [3.8, 4) is 0 Å². The Labute approximate surface area is 232 Å². The van der Waals surface area contributed by atoms with Gasteiger partial charge in [0.25, 0.3) is 10.0 Å². The van der Waals surface area contributed by atoms with Gasteiger partial charge in [0.15, 0.2) is 5.60 Å². The SMILES string of the molecule is CC(O)(c1ccc(N2CCN(S(=O)(=O)c3cccs3)C[C@@H]2CN2CCS(O)(O)CC2C2CC2)cc1)C(F)(F)F. The smallest absolute Gasteiger partial charge is 0.376 e. The number of sulfonamides is 1. The van der Waals surface area contributed by atoms with E-state index in [9.17, 15) is 35.8 Å². The number of thiophene rings is 1. The van der Waals surface area contributed by atoms with Crippen molar-refractivity contribution < 1.29 is 35.8 Å². The molecule has 14 heteroatoms. The van der Waals surface area contributed by atoms with Gasteiger partial charge in [0, 0.05) is 44.5 Å². The van der Waals surface area contributed by atoms with E-state index in [4.69, 9.17) is 0 Å². The van der Waals surface area contributed by atoms with Crippen LogP contribution in [0.25, 0.3) is 0 Å². The van der Waals surface area contributed by atoms with Gasteiger partial charge in [0.05, 0.1) is 17.5 Å². The van der Waals surface area contributed by atoms with E-state index in [-0.39, 0.29) is 40.7 Å². The second-order valence-corrected chi connectivity index (χ2v) is 16.3. The minimum Gasteiger partial charge on any atom is -0.376 e. The van der Waals surface area contributed by atoms with Gasteiger partial charge in [0.2, 0.25) is 0 Å². The average molecular weight is 610 g/mol. The van der Waals surface area contributed by atoms with Crippen molar-refractivity contribution in [2.24, 2.45) is 5.92 Å². The molecule has 2 saturated heterocycles. The highest BCUT2D eigenvalue weighted by atomic mass is 32.3. The first-order valence-corrected chi connectivity index (χ1v) is 17.1. The molecule has 0 radical (unpaired) electrons. The Morgan fingerprint density at radius 1 is 1.08 bits per heavy atom. The Balaban J connectivity index is 1.42. The summed E-state index contributed by atoms with van der Waals surface area (Å²) >= 11 is 1.15. The first kappa shape index (κ1) is 29.1. The molecule has 0 spiro atoms. The third-order valence-electron chi connectivity index (χ3n) is 8.07. The van der Waals surface area contributed by atoms with E-state index in [0.29, 0.717) is 37.0 Å². The Hall–Kier alpha value is -1.39. The van der Waals surface area contributed by atoms with E-state index >= 15 is 0 Å². The number of nitrogens with zero attached hydrogens (tertiary/aromatic N) is 3. The zero-order valence-corrected chi connectivity index (χ0v) is 23.9. The lowest BCUT2D eigenvalue weighted by Crippen LogP contribution is -2.61. The fraction of sp³-hybridized carbons (Fsp3) is 0.600. The van der Waals surface area contributed by atoms with Gasteiger partial charge in [-0.1, -0.05) is 18.2 Å². The molecule has 1 aliphatic carbocycles. The van der Waals surface area contributed by atoms with Crippen LogP contribution in [-0.2, 0) is 15.6 Å². The van der Waals surface area contributed by atoms with Gasteiger partial charge in [-0.15, -0.1) is 11.3 Å². The van der Waals surface area contributed by atoms with Crippen LogP contribution >= 0.6 is 21.9 Å². The molecule has 1 saturated carbocycles. The molecular weight excluding hydrogens is 575 g/mol. The number of alkyl halides is 3. The Bertz CT molecular complexity index is 1250. The zero-order chi connectivity index (χ0) is 28.2. The van der Waals surface area contributed by atoms with E-state index < -0.39 is 32.4 Å². The van der Waals surface area contributed by atoms with E-state index in [0.717, 1.165) is 31.1 Å². The number of rotatable bonds is 7. The topological polar surface area (TPSA) is 105 Å². The van der Waals surface area contributed by atoms with Crippen LogP contribution < -0.4 is 4.90 Å². The molecule has 2 aromatic rings. The van der Waals surface area contributed by atoms with Crippen LogP contribution in [0.15, 0.2) is 46.0 Å². The minimum atomic E-state index is -4.83. The third kappa shape index (κ3) is 5.98. The standard InChI is InChI=1S/C25H34F3N3O5S3/c1-24(32,25(26,27)28)19-6-8-20(9-7-19)31-11-10-30(39(35,36)23-3-2-13-37-23)16-21(31)15-29-12-14-38(33,34)17-22(29)18-4-5-18/h2-3,6-9,13,18,21-22,32-34H,4-5,10-12,14-17H2,1H3/t21-,22?,24?/m0/s1. The van der Waals surface area contributed by atoms with Gasteiger partial charge in [-0.05, 0) is 54.8 Å². The third-order valence-corrected chi connectivity index (χ3v) is 13.0. The summed E-state index contributed by atoms with van der Waals surface area (Å²) in [6, 6.07) is 8.55. The van der Waals surface area contributed by atoms with Crippen LogP contribution in [-0.4, -0.2) is 94.3 Å². The van der Waals surface area contributed by atoms with E-state index in [1.54, 1.807) is 17.5 Å². The van der Waals surface area contributed by atoms with Crippen LogP contribution in [0.4, 0.5) is 18.9 Å². The maximum atomic E-state index is 13.4. The molecule has 39 heavy (non-hydrogen) atoms. The first-order valence-electron chi connectivity index (χ1n) is 12.9. The van der Waals surface area contributed by atoms with Gasteiger partial charge < -0.3 is 10.0 Å². The molecule has 2 unspecified atom stereocenters. The molecule has 2 aliphatic heterocycles. The van der Waals surface area contributed by atoms with Crippen LogP contribution in [0.5, 0.6) is 0 Å². The number of halogens is 3. The summed E-state index contributed by atoms with van der Waals surface area (Å²) in [5.41, 5.74) is -2.63. The fourth-order valence-electron chi connectivity index (χ4n) is 5.52. The molecule has 1 aromatic heterocycles. The van der Waals surface area contributed by atoms with E-state index in [2.05, 4.69) is 4.90 Å². The molecule has 1 aromatic carbocycles. The summed E-state index contributed by atoms with van der Waals surface area (Å²) in [7, 11) is -6.35. The summed E-state index contributed by atoms with van der Waals surface area (Å²) in [6.45, 7) is 2.42. The molecule has 3 aliphatic rings. The second kappa shape index (κ2) is 10.5. The van der Waals surface area contributed by atoms with Gasteiger partial charge in [-0.3, -0.25) is 14.0 Å².